The summed E-state index contributed by atoms with van der Waals surface area (Å²) >= 11 is 0. The number of carboxylic acids is 1. The summed E-state index contributed by atoms with van der Waals surface area (Å²) in [6.45, 7) is 2.41. The molecule has 2 aliphatic rings. The Hall–Kier alpha value is -1.92. The lowest BCUT2D eigenvalue weighted by Gasteiger charge is -2.25. The van der Waals surface area contributed by atoms with Crippen molar-refractivity contribution in [2.45, 2.75) is 18.7 Å². The van der Waals surface area contributed by atoms with Crippen molar-refractivity contribution < 1.29 is 19.4 Å². The van der Waals surface area contributed by atoms with Crippen LogP contribution in [0, 0.1) is 0 Å². The zero-order chi connectivity index (χ0) is 14.1. The Labute approximate surface area is 116 Å². The van der Waals surface area contributed by atoms with Crippen LogP contribution >= 0.6 is 0 Å². The monoisotopic (exact) mass is 276 g/mol. The van der Waals surface area contributed by atoms with Crippen molar-refractivity contribution in [1.29, 1.82) is 0 Å². The van der Waals surface area contributed by atoms with Gasteiger partial charge in [0.15, 0.2) is 0 Å². The van der Waals surface area contributed by atoms with E-state index in [1.165, 1.54) is 0 Å². The largest absolute Gasteiger partial charge is 0.478 e. The zero-order valence-corrected chi connectivity index (χ0v) is 10.9. The molecule has 0 spiro atoms. The van der Waals surface area contributed by atoms with Gasteiger partial charge in [-0.3, -0.25) is 9.69 Å². The molecular formula is C14H16N2O4. The fraction of sp³-hybridized carbons (Fsp3) is 0.429. The third-order valence-electron chi connectivity index (χ3n) is 3.72. The molecule has 3 rings (SSSR count). The molecule has 2 saturated heterocycles. The fourth-order valence-electron chi connectivity index (χ4n) is 2.73. The fourth-order valence-corrected chi connectivity index (χ4v) is 2.73. The lowest BCUT2D eigenvalue weighted by molar-refractivity contribution is -0.134. The Bertz CT molecular complexity index is 528. The van der Waals surface area contributed by atoms with Crippen LogP contribution in [0.5, 0.6) is 0 Å². The van der Waals surface area contributed by atoms with E-state index >= 15 is 0 Å². The number of nitrogens with zero attached hydrogens (tertiary/aromatic N) is 1. The second-order valence-corrected chi connectivity index (χ2v) is 5.22. The summed E-state index contributed by atoms with van der Waals surface area (Å²) in [7, 11) is 0. The van der Waals surface area contributed by atoms with E-state index in [2.05, 4.69) is 10.2 Å². The minimum atomic E-state index is -0.917. The standard InChI is InChI=1S/C14H16N2O4/c17-13-8-20-12-7-16(6-11(12)15-13)5-9-1-3-10(4-2-9)14(18)19/h1-4,11-12H,5-8H2,(H,15,17)(H,18,19). The van der Waals surface area contributed by atoms with Gasteiger partial charge in [-0.15, -0.1) is 0 Å². The Morgan fingerprint density at radius 1 is 1.35 bits per heavy atom. The number of benzene rings is 1. The highest BCUT2D eigenvalue weighted by Gasteiger charge is 2.37. The maximum atomic E-state index is 11.3. The number of hydrogen-bond donors (Lipinski definition) is 2. The first-order valence-corrected chi connectivity index (χ1v) is 6.57. The van der Waals surface area contributed by atoms with Gasteiger partial charge in [0.2, 0.25) is 5.91 Å². The number of aromatic carboxylic acids is 1. The minimum Gasteiger partial charge on any atom is -0.478 e. The molecule has 2 fully saturated rings. The summed E-state index contributed by atoms with van der Waals surface area (Å²) in [5.41, 5.74) is 1.35. The zero-order valence-electron chi connectivity index (χ0n) is 10.9. The molecule has 1 aromatic carbocycles. The van der Waals surface area contributed by atoms with Crippen LogP contribution in [0.4, 0.5) is 0 Å². The van der Waals surface area contributed by atoms with Crippen LogP contribution < -0.4 is 5.32 Å². The molecule has 2 atom stereocenters. The van der Waals surface area contributed by atoms with Crippen LogP contribution in [0.1, 0.15) is 15.9 Å². The Morgan fingerprint density at radius 2 is 2.10 bits per heavy atom. The van der Waals surface area contributed by atoms with Crippen LogP contribution in [-0.4, -0.2) is 53.7 Å². The maximum absolute atomic E-state index is 11.3. The number of rotatable bonds is 3. The molecule has 1 aromatic rings. The van der Waals surface area contributed by atoms with Crippen molar-refractivity contribution in [2.24, 2.45) is 0 Å². The van der Waals surface area contributed by atoms with E-state index in [0.717, 1.165) is 25.2 Å². The first kappa shape index (κ1) is 13.1. The predicted octanol–water partition coefficient (Wildman–Crippen LogP) is 0.0840. The number of carbonyl (C=O) groups excluding carboxylic acids is 1. The van der Waals surface area contributed by atoms with Gasteiger partial charge in [0.05, 0.1) is 17.7 Å². The number of amides is 1. The second kappa shape index (κ2) is 5.22. The van der Waals surface area contributed by atoms with Gasteiger partial charge >= 0.3 is 5.97 Å². The molecule has 0 aromatic heterocycles. The summed E-state index contributed by atoms with van der Waals surface area (Å²) in [5, 5.41) is 11.8. The number of carbonyl (C=O) groups is 2. The molecule has 0 aliphatic carbocycles. The molecule has 6 nitrogen and oxygen atoms in total. The topological polar surface area (TPSA) is 78.9 Å². The smallest absolute Gasteiger partial charge is 0.335 e. The van der Waals surface area contributed by atoms with Crippen LogP contribution in [0.25, 0.3) is 0 Å². The van der Waals surface area contributed by atoms with E-state index in [1.54, 1.807) is 12.1 Å². The van der Waals surface area contributed by atoms with Crippen molar-refractivity contribution >= 4 is 11.9 Å². The lowest BCUT2D eigenvalue weighted by Crippen LogP contribution is -2.50. The van der Waals surface area contributed by atoms with Gasteiger partial charge in [0.1, 0.15) is 6.61 Å². The highest BCUT2D eigenvalue weighted by atomic mass is 16.5. The lowest BCUT2D eigenvalue weighted by atomic mass is 10.1. The first-order valence-electron chi connectivity index (χ1n) is 6.57. The number of nitrogens with one attached hydrogen (secondary N) is 1. The van der Waals surface area contributed by atoms with Crippen molar-refractivity contribution in [3.63, 3.8) is 0 Å². The number of morpholine rings is 1. The quantitative estimate of drug-likeness (QED) is 0.817. The molecular weight excluding hydrogens is 260 g/mol. The molecule has 106 valence electrons. The van der Waals surface area contributed by atoms with Crippen LogP contribution in [0.3, 0.4) is 0 Å². The van der Waals surface area contributed by atoms with Crippen LogP contribution in [0.2, 0.25) is 0 Å². The summed E-state index contributed by atoms with van der Waals surface area (Å²) < 4.78 is 5.50. The Balaban J connectivity index is 1.61. The number of ether oxygens (including phenoxy) is 1. The molecule has 20 heavy (non-hydrogen) atoms. The van der Waals surface area contributed by atoms with Gasteiger partial charge in [0.25, 0.3) is 0 Å². The third-order valence-corrected chi connectivity index (χ3v) is 3.72. The van der Waals surface area contributed by atoms with E-state index in [-0.39, 0.29) is 24.7 Å². The summed E-state index contributed by atoms with van der Waals surface area (Å²) in [5.74, 6) is -0.973. The molecule has 2 unspecified atom stereocenters. The second-order valence-electron chi connectivity index (χ2n) is 5.22. The molecule has 2 heterocycles. The number of fused-ring (bicyclic) bond motifs is 1. The average molecular weight is 276 g/mol. The van der Waals surface area contributed by atoms with E-state index in [9.17, 15) is 9.59 Å². The molecule has 0 radical (unpaired) electrons. The van der Waals surface area contributed by atoms with E-state index in [4.69, 9.17) is 9.84 Å². The van der Waals surface area contributed by atoms with Crippen molar-refractivity contribution in [1.82, 2.24) is 10.2 Å². The van der Waals surface area contributed by atoms with Crippen LogP contribution in [-0.2, 0) is 16.1 Å². The van der Waals surface area contributed by atoms with E-state index in [0.29, 0.717) is 5.56 Å². The van der Waals surface area contributed by atoms with Gasteiger partial charge in [-0.25, -0.2) is 4.79 Å². The molecule has 0 bridgehead atoms. The van der Waals surface area contributed by atoms with Gasteiger partial charge < -0.3 is 15.2 Å². The van der Waals surface area contributed by atoms with Crippen LogP contribution in [0.15, 0.2) is 24.3 Å². The highest BCUT2D eigenvalue weighted by molar-refractivity contribution is 5.87. The number of likely N-dealkylation sites (tertiary alicyclic amines) is 1. The van der Waals surface area contributed by atoms with Crippen molar-refractivity contribution in [2.75, 3.05) is 19.7 Å². The molecule has 6 heteroatoms. The van der Waals surface area contributed by atoms with Gasteiger partial charge in [0, 0.05) is 19.6 Å². The Kier molecular flexibility index (Phi) is 3.42. The normalized spacial score (nSPS) is 26.1. The molecule has 0 saturated carbocycles. The SMILES string of the molecule is O=C1COC2CN(Cc3ccc(C(=O)O)cc3)CC2N1. The highest BCUT2D eigenvalue weighted by Crippen LogP contribution is 2.19. The molecule has 1 amide bonds. The first-order chi connectivity index (χ1) is 9.61. The Morgan fingerprint density at radius 3 is 2.80 bits per heavy atom. The van der Waals surface area contributed by atoms with E-state index < -0.39 is 5.97 Å². The predicted molar refractivity (Wildman–Crippen MR) is 70.3 cm³/mol. The average Bonchev–Trinajstić information content (AvgIpc) is 2.80. The third kappa shape index (κ3) is 2.66. The van der Waals surface area contributed by atoms with Gasteiger partial charge in [-0.2, -0.15) is 0 Å². The van der Waals surface area contributed by atoms with Gasteiger partial charge in [-0.05, 0) is 17.7 Å². The van der Waals surface area contributed by atoms with Crippen molar-refractivity contribution in [3.05, 3.63) is 35.4 Å². The molecule has 2 aliphatic heterocycles. The summed E-state index contributed by atoms with van der Waals surface area (Å²) in [6, 6.07) is 6.93. The van der Waals surface area contributed by atoms with E-state index in [1.807, 2.05) is 12.1 Å². The summed E-state index contributed by atoms with van der Waals surface area (Å²) in [4.78, 5) is 24.3. The number of hydrogen-bond acceptors (Lipinski definition) is 4. The summed E-state index contributed by atoms with van der Waals surface area (Å²) in [6.07, 6.45) is 0.0611. The maximum Gasteiger partial charge on any atom is 0.335 e. The minimum absolute atomic E-state index is 0.0566. The number of carboxylic acid groups (broad SMARTS) is 1. The molecule has 2 N–H and O–H groups in total. The van der Waals surface area contributed by atoms with Gasteiger partial charge in [-0.1, -0.05) is 12.1 Å². The van der Waals surface area contributed by atoms with Crippen molar-refractivity contribution in [3.8, 4) is 0 Å².